The molecule has 1 aromatic rings. The van der Waals surface area contributed by atoms with Crippen LogP contribution in [-0.2, 0) is 13.0 Å². The normalized spacial score (nSPS) is 11.2. The lowest BCUT2D eigenvalue weighted by molar-refractivity contribution is 0.569. The van der Waals surface area contributed by atoms with Gasteiger partial charge in [0.15, 0.2) is 5.15 Å². The summed E-state index contributed by atoms with van der Waals surface area (Å²) in [6, 6.07) is 0. The summed E-state index contributed by atoms with van der Waals surface area (Å²) in [4.78, 5) is 7.70. The largest absolute Gasteiger partial charge is 0.344 e. The van der Waals surface area contributed by atoms with Crippen LogP contribution in [0.4, 0.5) is 0 Å². The molecule has 0 amide bonds. The maximum atomic E-state index is 6.14. The zero-order valence-electron chi connectivity index (χ0n) is 13.1. The van der Waals surface area contributed by atoms with E-state index in [0.717, 1.165) is 37.4 Å². The van der Waals surface area contributed by atoms with Crippen LogP contribution in [0, 0.1) is 0 Å². The van der Waals surface area contributed by atoms with Gasteiger partial charge in [-0.25, -0.2) is 4.98 Å². The average molecular weight is 300 g/mol. The molecule has 0 atom stereocenters. The maximum absolute atomic E-state index is 6.14. The van der Waals surface area contributed by atoms with Gasteiger partial charge in [0.05, 0.1) is 5.69 Å². The van der Waals surface area contributed by atoms with Crippen LogP contribution >= 0.6 is 11.6 Å². The van der Waals surface area contributed by atoms with Crippen LogP contribution in [0.2, 0.25) is 5.15 Å². The highest BCUT2D eigenvalue weighted by Gasteiger charge is 2.07. The molecule has 2 N–H and O–H groups in total. The van der Waals surface area contributed by atoms with Gasteiger partial charge in [0, 0.05) is 13.0 Å². The van der Waals surface area contributed by atoms with Crippen LogP contribution in [0.1, 0.15) is 76.7 Å². The molecular formula is C16H30ClN3. The van der Waals surface area contributed by atoms with Crippen LogP contribution in [0.5, 0.6) is 0 Å². The van der Waals surface area contributed by atoms with Crippen molar-refractivity contribution >= 4 is 11.6 Å². The SMILES string of the molecule is CCCCCCCCNCc1[nH]c(CCCC)nc1Cl. The van der Waals surface area contributed by atoms with Crippen molar-refractivity contribution < 1.29 is 0 Å². The Morgan fingerprint density at radius 2 is 1.70 bits per heavy atom. The molecule has 20 heavy (non-hydrogen) atoms. The lowest BCUT2D eigenvalue weighted by Gasteiger charge is -2.03. The topological polar surface area (TPSA) is 40.7 Å². The Morgan fingerprint density at radius 1 is 1.00 bits per heavy atom. The summed E-state index contributed by atoms with van der Waals surface area (Å²) >= 11 is 6.14. The standard InChI is InChI=1S/C16H30ClN3/c1-3-5-7-8-9-10-12-18-13-14-16(17)20-15(19-14)11-6-4-2/h18H,3-13H2,1-2H3,(H,19,20). The second kappa shape index (κ2) is 11.2. The van der Waals surface area contributed by atoms with E-state index < -0.39 is 0 Å². The Hall–Kier alpha value is -0.540. The number of aromatic nitrogens is 2. The summed E-state index contributed by atoms with van der Waals surface area (Å²) in [6.45, 7) is 6.30. The number of H-pyrrole nitrogens is 1. The van der Waals surface area contributed by atoms with E-state index in [1.54, 1.807) is 0 Å². The first-order valence-corrected chi connectivity index (χ1v) is 8.59. The van der Waals surface area contributed by atoms with Gasteiger partial charge in [-0.3, -0.25) is 0 Å². The lowest BCUT2D eigenvalue weighted by atomic mass is 10.1. The van der Waals surface area contributed by atoms with Crippen LogP contribution < -0.4 is 5.32 Å². The molecule has 0 aliphatic rings. The number of hydrogen-bond donors (Lipinski definition) is 2. The Morgan fingerprint density at radius 3 is 2.45 bits per heavy atom. The number of rotatable bonds is 12. The Kier molecular flexibility index (Phi) is 9.77. The molecule has 0 aliphatic carbocycles. The summed E-state index contributed by atoms with van der Waals surface area (Å²) in [5.41, 5.74) is 1.03. The van der Waals surface area contributed by atoms with Gasteiger partial charge in [0.2, 0.25) is 0 Å². The first-order valence-electron chi connectivity index (χ1n) is 8.21. The van der Waals surface area contributed by atoms with Crippen LogP contribution in [0.3, 0.4) is 0 Å². The van der Waals surface area contributed by atoms with Gasteiger partial charge >= 0.3 is 0 Å². The second-order valence-corrected chi connectivity index (χ2v) is 5.86. The van der Waals surface area contributed by atoms with Gasteiger partial charge < -0.3 is 10.3 Å². The van der Waals surface area contributed by atoms with Gasteiger partial charge in [-0.1, -0.05) is 64.0 Å². The molecule has 0 unspecified atom stereocenters. The monoisotopic (exact) mass is 299 g/mol. The predicted molar refractivity (Wildman–Crippen MR) is 87.3 cm³/mol. The van der Waals surface area contributed by atoms with E-state index in [2.05, 4.69) is 29.1 Å². The summed E-state index contributed by atoms with van der Waals surface area (Å²) < 4.78 is 0. The van der Waals surface area contributed by atoms with Crippen molar-refractivity contribution in [3.63, 3.8) is 0 Å². The van der Waals surface area contributed by atoms with E-state index >= 15 is 0 Å². The van der Waals surface area contributed by atoms with E-state index in [0.29, 0.717) is 5.15 Å². The molecule has 4 heteroatoms. The maximum Gasteiger partial charge on any atom is 0.151 e. The first-order chi connectivity index (χ1) is 9.77. The fourth-order valence-electron chi connectivity index (χ4n) is 2.26. The molecule has 0 spiro atoms. The van der Waals surface area contributed by atoms with Gasteiger partial charge in [0.25, 0.3) is 0 Å². The molecule has 116 valence electrons. The zero-order chi connectivity index (χ0) is 14.6. The third-order valence-electron chi connectivity index (χ3n) is 3.55. The van der Waals surface area contributed by atoms with Crippen LogP contribution in [-0.4, -0.2) is 16.5 Å². The number of hydrogen-bond acceptors (Lipinski definition) is 2. The van der Waals surface area contributed by atoms with Crippen molar-refractivity contribution in [2.24, 2.45) is 0 Å². The number of unbranched alkanes of at least 4 members (excludes halogenated alkanes) is 6. The molecule has 0 saturated heterocycles. The highest BCUT2D eigenvalue weighted by atomic mass is 35.5. The highest BCUT2D eigenvalue weighted by molar-refractivity contribution is 6.30. The van der Waals surface area contributed by atoms with E-state index in [-0.39, 0.29) is 0 Å². The van der Waals surface area contributed by atoms with E-state index in [1.165, 1.54) is 44.9 Å². The predicted octanol–water partition coefficient (Wildman–Crippen LogP) is 4.86. The minimum Gasteiger partial charge on any atom is -0.344 e. The first kappa shape index (κ1) is 17.5. The van der Waals surface area contributed by atoms with Crippen molar-refractivity contribution in [1.82, 2.24) is 15.3 Å². The minimum atomic E-state index is 0.631. The average Bonchev–Trinajstić information content (AvgIpc) is 2.80. The van der Waals surface area contributed by atoms with E-state index in [9.17, 15) is 0 Å². The Bertz CT molecular complexity index is 349. The Labute approximate surface area is 128 Å². The van der Waals surface area contributed by atoms with E-state index in [1.807, 2.05) is 0 Å². The molecule has 1 aromatic heterocycles. The van der Waals surface area contributed by atoms with Crippen molar-refractivity contribution in [2.45, 2.75) is 78.2 Å². The fourth-order valence-corrected chi connectivity index (χ4v) is 2.48. The molecule has 3 nitrogen and oxygen atoms in total. The summed E-state index contributed by atoms with van der Waals surface area (Å²) in [5.74, 6) is 1.02. The van der Waals surface area contributed by atoms with Gasteiger partial charge in [-0.15, -0.1) is 0 Å². The van der Waals surface area contributed by atoms with Gasteiger partial charge in [0.1, 0.15) is 5.82 Å². The third kappa shape index (κ3) is 7.30. The smallest absolute Gasteiger partial charge is 0.151 e. The number of nitrogens with zero attached hydrogens (tertiary/aromatic N) is 1. The number of imidazole rings is 1. The van der Waals surface area contributed by atoms with Crippen LogP contribution in [0.25, 0.3) is 0 Å². The lowest BCUT2D eigenvalue weighted by Crippen LogP contribution is -2.15. The van der Waals surface area contributed by atoms with Crippen molar-refractivity contribution in [2.75, 3.05) is 6.54 Å². The number of nitrogens with one attached hydrogen (secondary N) is 2. The summed E-state index contributed by atoms with van der Waals surface area (Å²) in [6.07, 6.45) is 11.3. The molecular weight excluding hydrogens is 270 g/mol. The highest BCUT2D eigenvalue weighted by Crippen LogP contribution is 2.14. The van der Waals surface area contributed by atoms with Gasteiger partial charge in [-0.05, 0) is 19.4 Å². The number of aryl methyl sites for hydroxylation is 1. The van der Waals surface area contributed by atoms with Crippen molar-refractivity contribution in [3.8, 4) is 0 Å². The molecule has 0 aliphatic heterocycles. The quantitative estimate of drug-likeness (QED) is 0.541. The van der Waals surface area contributed by atoms with Gasteiger partial charge in [-0.2, -0.15) is 0 Å². The Balaban J connectivity index is 2.10. The molecule has 0 radical (unpaired) electrons. The zero-order valence-corrected chi connectivity index (χ0v) is 13.9. The minimum absolute atomic E-state index is 0.631. The molecule has 1 rings (SSSR count). The summed E-state index contributed by atoms with van der Waals surface area (Å²) in [5, 5.41) is 4.08. The van der Waals surface area contributed by atoms with Crippen LogP contribution in [0.15, 0.2) is 0 Å². The fraction of sp³-hybridized carbons (Fsp3) is 0.812. The third-order valence-corrected chi connectivity index (χ3v) is 3.87. The molecule has 0 bridgehead atoms. The molecule has 0 aromatic carbocycles. The van der Waals surface area contributed by atoms with Crippen molar-refractivity contribution in [3.05, 3.63) is 16.7 Å². The molecule has 0 saturated carbocycles. The number of aromatic amines is 1. The summed E-state index contributed by atoms with van der Waals surface area (Å²) in [7, 11) is 0. The van der Waals surface area contributed by atoms with E-state index in [4.69, 9.17) is 11.6 Å². The molecule has 1 heterocycles. The number of halogens is 1. The van der Waals surface area contributed by atoms with Crippen molar-refractivity contribution in [1.29, 1.82) is 0 Å². The molecule has 0 fully saturated rings. The second-order valence-electron chi connectivity index (χ2n) is 5.50.